The topological polar surface area (TPSA) is 110 Å². The van der Waals surface area contributed by atoms with Gasteiger partial charge in [0, 0.05) is 43.0 Å². The molecule has 1 fully saturated rings. The van der Waals surface area contributed by atoms with Gasteiger partial charge in [0.2, 0.25) is 17.6 Å². The van der Waals surface area contributed by atoms with Gasteiger partial charge in [-0.1, -0.05) is 42.8 Å². The fraction of sp³-hybridized carbons (Fsp3) is 0.310. The van der Waals surface area contributed by atoms with Gasteiger partial charge < -0.3 is 24.4 Å². The smallest absolute Gasteiger partial charge is 0.213 e. The summed E-state index contributed by atoms with van der Waals surface area (Å²) in [4.78, 5) is 4.19. The molecule has 1 saturated heterocycles. The summed E-state index contributed by atoms with van der Waals surface area (Å²) >= 11 is 5.94. The number of nitrogens with zero attached hydrogens (tertiary/aromatic N) is 3. The van der Waals surface area contributed by atoms with Gasteiger partial charge in [-0.2, -0.15) is 5.26 Å². The van der Waals surface area contributed by atoms with Gasteiger partial charge in [0.15, 0.2) is 0 Å². The molecule has 0 amide bonds. The lowest BCUT2D eigenvalue weighted by molar-refractivity contribution is -0.125. The number of benzene rings is 2. The second kappa shape index (κ2) is 8.91. The zero-order valence-electron chi connectivity index (χ0n) is 20.9. The van der Waals surface area contributed by atoms with Crippen molar-refractivity contribution in [3.63, 3.8) is 0 Å². The van der Waals surface area contributed by atoms with Crippen molar-refractivity contribution in [2.75, 3.05) is 13.7 Å². The quantitative estimate of drug-likeness (QED) is 0.315. The van der Waals surface area contributed by atoms with Crippen LogP contribution in [0.4, 0.5) is 0 Å². The number of methoxy groups -OCH3 is 1. The van der Waals surface area contributed by atoms with Gasteiger partial charge in [-0.3, -0.25) is 4.57 Å². The Bertz CT molecular complexity index is 1590. The van der Waals surface area contributed by atoms with Crippen molar-refractivity contribution in [3.05, 3.63) is 76.4 Å². The fourth-order valence-electron chi connectivity index (χ4n) is 6.27. The van der Waals surface area contributed by atoms with Gasteiger partial charge in [0.25, 0.3) is 0 Å². The number of halogens is 1. The van der Waals surface area contributed by atoms with E-state index in [4.69, 9.17) is 25.8 Å². The molecule has 2 N–H and O–H groups in total. The molecule has 2 aliphatic heterocycles. The van der Waals surface area contributed by atoms with Crippen LogP contribution in [-0.2, 0) is 20.7 Å². The van der Waals surface area contributed by atoms with Crippen LogP contribution < -0.4 is 4.74 Å². The van der Waals surface area contributed by atoms with Crippen molar-refractivity contribution in [2.24, 2.45) is 0 Å². The maximum Gasteiger partial charge on any atom is 0.213 e. The van der Waals surface area contributed by atoms with Crippen LogP contribution in [0.15, 0.2) is 54.7 Å². The van der Waals surface area contributed by atoms with E-state index in [0.29, 0.717) is 52.5 Å². The summed E-state index contributed by atoms with van der Waals surface area (Å²) in [5, 5.41) is 35.0. The monoisotopic (exact) mass is 531 g/mol. The molecule has 0 spiro atoms. The van der Waals surface area contributed by atoms with E-state index in [1.54, 1.807) is 31.4 Å². The summed E-state index contributed by atoms with van der Waals surface area (Å²) in [6.07, 6.45) is 2.62. The second-order valence-electron chi connectivity index (χ2n) is 9.70. The number of aromatic nitrogens is 2. The van der Waals surface area contributed by atoms with E-state index < -0.39 is 11.2 Å². The molecular weight excluding hydrogens is 506 g/mol. The van der Waals surface area contributed by atoms with Gasteiger partial charge in [-0.05, 0) is 24.6 Å². The molecule has 6 rings (SSSR count). The zero-order valence-corrected chi connectivity index (χ0v) is 21.7. The SMILES string of the molecule is CC[C@]12O[C@](CCOc3ccc(Cl)cn3)(C[C@@H]1OC)c1c2c(O)n(-c2ccc(C#N)c3ccccc23)c1O. The Kier molecular flexibility index (Phi) is 5.76. The number of pyridine rings is 1. The third-order valence-electron chi connectivity index (χ3n) is 7.94. The molecule has 194 valence electrons. The molecule has 4 heterocycles. The first-order valence-electron chi connectivity index (χ1n) is 12.5. The standard InChI is InChI=1S/C29H26ClN3O5/c1-3-29-22(36-2)14-28(38-29,12-13-37-23-11-9-18(30)16-32-23)24-25(29)27(35)33(26(24)34)21-10-8-17(15-31)19-6-4-5-7-20(19)21/h4-11,16,22,34-35H,3,12-14H2,1-2H3/t22-,28+,29-/m0/s1. The number of hydrogen-bond donors (Lipinski definition) is 2. The molecule has 9 heteroatoms. The Morgan fingerprint density at radius 3 is 2.58 bits per heavy atom. The van der Waals surface area contributed by atoms with Crippen LogP contribution in [0.25, 0.3) is 16.5 Å². The molecule has 2 aromatic heterocycles. The molecule has 2 bridgehead atoms. The minimum atomic E-state index is -0.937. The summed E-state index contributed by atoms with van der Waals surface area (Å²) in [7, 11) is 1.63. The van der Waals surface area contributed by atoms with Crippen LogP contribution in [-0.4, -0.2) is 39.6 Å². The first-order valence-corrected chi connectivity index (χ1v) is 12.8. The van der Waals surface area contributed by atoms with Gasteiger partial charge in [0.1, 0.15) is 11.2 Å². The maximum absolute atomic E-state index is 11.7. The van der Waals surface area contributed by atoms with E-state index in [1.165, 1.54) is 10.8 Å². The van der Waals surface area contributed by atoms with E-state index >= 15 is 0 Å². The molecule has 0 aliphatic carbocycles. The average molecular weight is 532 g/mol. The Morgan fingerprint density at radius 1 is 1.13 bits per heavy atom. The highest BCUT2D eigenvalue weighted by Crippen LogP contribution is 2.67. The molecule has 0 unspecified atom stereocenters. The van der Waals surface area contributed by atoms with Crippen LogP contribution >= 0.6 is 11.6 Å². The van der Waals surface area contributed by atoms with E-state index in [2.05, 4.69) is 11.1 Å². The molecule has 0 radical (unpaired) electrons. The van der Waals surface area contributed by atoms with Gasteiger partial charge >= 0.3 is 0 Å². The van der Waals surface area contributed by atoms with Crippen LogP contribution in [0.1, 0.15) is 42.9 Å². The molecule has 4 aromatic rings. The third kappa shape index (κ3) is 3.33. The van der Waals surface area contributed by atoms with Crippen LogP contribution in [0.3, 0.4) is 0 Å². The number of nitriles is 1. The second-order valence-corrected chi connectivity index (χ2v) is 10.1. The van der Waals surface area contributed by atoms with Crippen molar-refractivity contribution in [3.8, 4) is 29.4 Å². The number of fused-ring (bicyclic) bond motifs is 6. The van der Waals surface area contributed by atoms with Crippen LogP contribution in [0.5, 0.6) is 17.6 Å². The van der Waals surface area contributed by atoms with Crippen molar-refractivity contribution in [1.29, 1.82) is 5.26 Å². The lowest BCUT2D eigenvalue weighted by atomic mass is 9.74. The van der Waals surface area contributed by atoms with E-state index in [9.17, 15) is 15.5 Å². The third-order valence-corrected chi connectivity index (χ3v) is 8.16. The minimum absolute atomic E-state index is 0.0955. The highest BCUT2D eigenvalue weighted by atomic mass is 35.5. The summed E-state index contributed by atoms with van der Waals surface area (Å²) in [6.45, 7) is 2.24. The molecule has 3 atom stereocenters. The largest absolute Gasteiger partial charge is 0.494 e. The highest BCUT2D eigenvalue weighted by molar-refractivity contribution is 6.30. The van der Waals surface area contributed by atoms with Gasteiger partial charge in [-0.15, -0.1) is 0 Å². The lowest BCUT2D eigenvalue weighted by Crippen LogP contribution is -2.37. The highest BCUT2D eigenvalue weighted by Gasteiger charge is 2.67. The predicted molar refractivity (Wildman–Crippen MR) is 141 cm³/mol. The van der Waals surface area contributed by atoms with Gasteiger partial charge in [-0.25, -0.2) is 4.98 Å². The molecule has 2 aromatic carbocycles. The number of rotatable bonds is 7. The molecular formula is C29H26ClN3O5. The molecule has 38 heavy (non-hydrogen) atoms. The first kappa shape index (κ1) is 24.6. The first-order chi connectivity index (χ1) is 18.4. The summed E-state index contributed by atoms with van der Waals surface area (Å²) in [5.74, 6) is 0.237. The normalized spacial score (nSPS) is 23.5. The van der Waals surface area contributed by atoms with E-state index in [0.717, 1.165) is 10.8 Å². The Labute approximate surface area is 224 Å². The van der Waals surface area contributed by atoms with Crippen molar-refractivity contribution >= 4 is 22.4 Å². The number of aromatic hydroxyl groups is 2. The summed E-state index contributed by atoms with van der Waals surface area (Å²) in [5.41, 5.74) is 0.298. The summed E-state index contributed by atoms with van der Waals surface area (Å²) < 4.78 is 19.9. The number of ether oxygens (including phenoxy) is 3. The Morgan fingerprint density at radius 2 is 1.89 bits per heavy atom. The zero-order chi connectivity index (χ0) is 26.7. The molecule has 0 saturated carbocycles. The number of hydrogen-bond acceptors (Lipinski definition) is 7. The Hall–Kier alpha value is -3.77. The minimum Gasteiger partial charge on any atom is -0.494 e. The van der Waals surface area contributed by atoms with Crippen molar-refractivity contribution in [2.45, 2.75) is 43.5 Å². The summed E-state index contributed by atoms with van der Waals surface area (Å²) in [6, 6.07) is 16.5. The lowest BCUT2D eigenvalue weighted by Gasteiger charge is -2.31. The molecule has 8 nitrogen and oxygen atoms in total. The average Bonchev–Trinajstić information content (AvgIpc) is 3.53. The predicted octanol–water partition coefficient (Wildman–Crippen LogP) is 5.68. The van der Waals surface area contributed by atoms with Crippen molar-refractivity contribution in [1.82, 2.24) is 9.55 Å². The maximum atomic E-state index is 11.7. The molecule has 2 aliphatic rings. The van der Waals surface area contributed by atoms with Crippen molar-refractivity contribution < 1.29 is 24.4 Å². The fourth-order valence-corrected chi connectivity index (χ4v) is 6.38. The van der Waals surface area contributed by atoms with Crippen LogP contribution in [0.2, 0.25) is 5.02 Å². The Balaban J connectivity index is 1.48. The van der Waals surface area contributed by atoms with Crippen LogP contribution in [0, 0.1) is 11.3 Å². The van der Waals surface area contributed by atoms with E-state index in [-0.39, 0.29) is 24.5 Å². The van der Waals surface area contributed by atoms with Gasteiger partial charge in [0.05, 0.1) is 46.2 Å². The van der Waals surface area contributed by atoms with E-state index in [1.807, 2.05) is 31.2 Å².